The number of nitrogens with one attached hydrogen (secondary N) is 1. The molecule has 1 aliphatic carbocycles. The normalized spacial score (nSPS) is 20.5. The maximum atomic E-state index is 10.7. The molecule has 0 spiro atoms. The fraction of sp³-hybridized carbons (Fsp3) is 0.667. The molecule has 1 aromatic carbocycles. The molecule has 6 heteroatoms. The minimum Gasteiger partial charge on any atom is -0.395 e. The summed E-state index contributed by atoms with van der Waals surface area (Å²) in [5, 5.41) is 34.0. The Bertz CT molecular complexity index is 534. The van der Waals surface area contributed by atoms with Crippen LogP contribution in [-0.4, -0.2) is 34.3 Å². The lowest BCUT2D eigenvalue weighted by Crippen LogP contribution is -2.41. The molecule has 0 radical (unpaired) electrons. The maximum absolute atomic E-state index is 10.7. The number of nitrogens with zero attached hydrogens (tertiary/aromatic N) is 1. The van der Waals surface area contributed by atoms with Gasteiger partial charge in [-0.05, 0) is 61.3 Å². The second-order valence-electron chi connectivity index (χ2n) is 7.60. The van der Waals surface area contributed by atoms with Gasteiger partial charge < -0.3 is 15.5 Å². The van der Waals surface area contributed by atoms with Crippen molar-refractivity contribution in [3.05, 3.63) is 39.9 Å². The third-order valence-corrected chi connectivity index (χ3v) is 5.15. The van der Waals surface area contributed by atoms with E-state index in [0.29, 0.717) is 16.9 Å². The van der Waals surface area contributed by atoms with Gasteiger partial charge in [-0.15, -0.1) is 0 Å². The van der Waals surface area contributed by atoms with Crippen molar-refractivity contribution >= 4 is 5.69 Å². The van der Waals surface area contributed by atoms with E-state index in [9.17, 15) is 20.3 Å². The Hall–Kier alpha value is -1.50. The Morgan fingerprint density at radius 3 is 2.38 bits per heavy atom. The minimum absolute atomic E-state index is 0.00993. The Balaban J connectivity index is 1.89. The minimum atomic E-state index is -0.893. The molecule has 0 unspecified atom stereocenters. The quantitative estimate of drug-likeness (QED) is 0.525. The number of aliphatic hydroxyl groups is 2. The number of rotatable bonds is 7. The summed E-state index contributed by atoms with van der Waals surface area (Å²) in [5.41, 5.74) is 0.978. The van der Waals surface area contributed by atoms with Gasteiger partial charge in [0.1, 0.15) is 0 Å². The predicted molar refractivity (Wildman–Crippen MR) is 92.7 cm³/mol. The Labute approximate surface area is 143 Å². The first-order valence-corrected chi connectivity index (χ1v) is 8.59. The lowest BCUT2D eigenvalue weighted by Gasteiger charge is -2.35. The average molecular weight is 336 g/mol. The standard InChI is InChI=1S/C18H28N2O4/c1-18(2)9-7-13(8-10-18)11-19-16(12-21)17(22)14-3-5-15(6-4-14)20(23)24/h3-6,13,16-17,19,21-22H,7-12H2,1-2H3/t16-,17-/m0/s1. The zero-order valence-corrected chi connectivity index (χ0v) is 14.4. The summed E-state index contributed by atoms with van der Waals surface area (Å²) >= 11 is 0. The summed E-state index contributed by atoms with van der Waals surface area (Å²) < 4.78 is 0. The van der Waals surface area contributed by atoms with Crippen molar-refractivity contribution in [1.29, 1.82) is 0 Å². The first-order valence-electron chi connectivity index (χ1n) is 8.59. The van der Waals surface area contributed by atoms with Gasteiger partial charge in [-0.2, -0.15) is 0 Å². The summed E-state index contributed by atoms with van der Waals surface area (Å²) in [7, 11) is 0. The van der Waals surface area contributed by atoms with E-state index in [1.54, 1.807) is 0 Å². The number of non-ortho nitro benzene ring substituents is 1. The van der Waals surface area contributed by atoms with Crippen molar-refractivity contribution in [2.24, 2.45) is 11.3 Å². The van der Waals surface area contributed by atoms with Crippen molar-refractivity contribution in [2.75, 3.05) is 13.2 Å². The summed E-state index contributed by atoms with van der Waals surface area (Å²) in [5.74, 6) is 0.566. The van der Waals surface area contributed by atoms with Gasteiger partial charge in [0.25, 0.3) is 5.69 Å². The second-order valence-corrected chi connectivity index (χ2v) is 7.60. The molecule has 1 aromatic rings. The Morgan fingerprint density at radius 1 is 1.29 bits per heavy atom. The van der Waals surface area contributed by atoms with Crippen LogP contribution in [-0.2, 0) is 0 Å². The van der Waals surface area contributed by atoms with Gasteiger partial charge in [0.2, 0.25) is 0 Å². The van der Waals surface area contributed by atoms with Crippen LogP contribution in [0.4, 0.5) is 5.69 Å². The van der Waals surface area contributed by atoms with Crippen molar-refractivity contribution < 1.29 is 15.1 Å². The van der Waals surface area contributed by atoms with Crippen LogP contribution in [0.3, 0.4) is 0 Å². The lowest BCUT2D eigenvalue weighted by molar-refractivity contribution is -0.384. The van der Waals surface area contributed by atoms with Crippen LogP contribution in [0.1, 0.15) is 51.2 Å². The molecule has 6 nitrogen and oxygen atoms in total. The van der Waals surface area contributed by atoms with Gasteiger partial charge in [-0.1, -0.05) is 13.8 Å². The summed E-state index contributed by atoms with van der Waals surface area (Å²) in [6.07, 6.45) is 3.83. The summed E-state index contributed by atoms with van der Waals surface area (Å²) in [6, 6.07) is 5.35. The molecule has 0 aliphatic heterocycles. The SMILES string of the molecule is CC1(C)CCC(CN[C@@H](CO)[C@@H](O)c2ccc([N+](=O)[O-])cc2)CC1. The van der Waals surface area contributed by atoms with Crippen LogP contribution in [0.2, 0.25) is 0 Å². The van der Waals surface area contributed by atoms with E-state index in [1.807, 2.05) is 0 Å². The number of nitro groups is 1. The molecule has 1 saturated carbocycles. The highest BCUT2D eigenvalue weighted by molar-refractivity contribution is 5.34. The third-order valence-electron chi connectivity index (χ3n) is 5.15. The molecule has 2 atom stereocenters. The highest BCUT2D eigenvalue weighted by Crippen LogP contribution is 2.37. The van der Waals surface area contributed by atoms with Crippen LogP contribution in [0, 0.1) is 21.4 Å². The number of hydrogen-bond donors (Lipinski definition) is 3. The Morgan fingerprint density at radius 2 is 1.88 bits per heavy atom. The van der Waals surface area contributed by atoms with Crippen molar-refractivity contribution in [2.45, 2.75) is 51.7 Å². The largest absolute Gasteiger partial charge is 0.395 e. The fourth-order valence-corrected chi connectivity index (χ4v) is 3.28. The number of benzene rings is 1. The summed E-state index contributed by atoms with van der Waals surface area (Å²) in [6.45, 7) is 5.18. The van der Waals surface area contributed by atoms with Crippen molar-refractivity contribution in [3.63, 3.8) is 0 Å². The second kappa shape index (κ2) is 8.05. The molecule has 2 rings (SSSR count). The topological polar surface area (TPSA) is 95.6 Å². The summed E-state index contributed by atoms with van der Waals surface area (Å²) in [4.78, 5) is 10.2. The highest BCUT2D eigenvalue weighted by atomic mass is 16.6. The van der Waals surface area contributed by atoms with Gasteiger partial charge >= 0.3 is 0 Å². The van der Waals surface area contributed by atoms with Gasteiger partial charge in [-0.25, -0.2) is 0 Å². The molecular weight excluding hydrogens is 308 g/mol. The first kappa shape index (κ1) is 18.8. The molecule has 134 valence electrons. The smallest absolute Gasteiger partial charge is 0.269 e. The van der Waals surface area contributed by atoms with Crippen LogP contribution in [0.25, 0.3) is 0 Å². The molecule has 0 heterocycles. The van der Waals surface area contributed by atoms with E-state index in [2.05, 4.69) is 19.2 Å². The van der Waals surface area contributed by atoms with E-state index >= 15 is 0 Å². The van der Waals surface area contributed by atoms with E-state index in [1.165, 1.54) is 37.1 Å². The molecule has 0 amide bonds. The number of hydrogen-bond acceptors (Lipinski definition) is 5. The van der Waals surface area contributed by atoms with Gasteiger partial charge in [0.05, 0.1) is 23.7 Å². The lowest BCUT2D eigenvalue weighted by atomic mass is 9.73. The van der Waals surface area contributed by atoms with Gasteiger partial charge in [-0.3, -0.25) is 10.1 Å². The van der Waals surface area contributed by atoms with Crippen molar-refractivity contribution in [1.82, 2.24) is 5.32 Å². The molecule has 0 saturated heterocycles. The van der Waals surface area contributed by atoms with E-state index in [4.69, 9.17) is 0 Å². The van der Waals surface area contributed by atoms with E-state index in [-0.39, 0.29) is 12.3 Å². The highest BCUT2D eigenvalue weighted by Gasteiger charge is 2.28. The molecule has 1 fully saturated rings. The van der Waals surface area contributed by atoms with Crippen molar-refractivity contribution in [3.8, 4) is 0 Å². The maximum Gasteiger partial charge on any atom is 0.269 e. The van der Waals surface area contributed by atoms with Gasteiger partial charge in [0.15, 0.2) is 0 Å². The monoisotopic (exact) mass is 336 g/mol. The first-order chi connectivity index (χ1) is 11.3. The fourth-order valence-electron chi connectivity index (χ4n) is 3.28. The van der Waals surface area contributed by atoms with Gasteiger partial charge in [0, 0.05) is 12.1 Å². The van der Waals surface area contributed by atoms with E-state index in [0.717, 1.165) is 19.4 Å². The number of nitro benzene ring substituents is 1. The molecule has 0 aromatic heterocycles. The van der Waals surface area contributed by atoms with Crippen LogP contribution >= 0.6 is 0 Å². The Kier molecular flexibility index (Phi) is 6.32. The van der Waals surface area contributed by atoms with Crippen LogP contribution in [0.15, 0.2) is 24.3 Å². The zero-order valence-electron chi connectivity index (χ0n) is 14.4. The zero-order chi connectivity index (χ0) is 17.7. The molecule has 24 heavy (non-hydrogen) atoms. The van der Waals surface area contributed by atoms with Crippen LogP contribution in [0.5, 0.6) is 0 Å². The predicted octanol–water partition coefficient (Wildman–Crippen LogP) is 2.80. The van der Waals surface area contributed by atoms with Crippen LogP contribution < -0.4 is 5.32 Å². The molecular formula is C18H28N2O4. The molecule has 1 aliphatic rings. The van der Waals surface area contributed by atoms with E-state index < -0.39 is 17.1 Å². The molecule has 0 bridgehead atoms. The average Bonchev–Trinajstić information content (AvgIpc) is 2.56. The molecule has 3 N–H and O–H groups in total. The number of aliphatic hydroxyl groups excluding tert-OH is 2. The third kappa shape index (κ3) is 5.00.